The maximum Gasteiger partial charge on any atom is 0.232 e. The molecule has 0 amide bonds. The first-order valence-electron chi connectivity index (χ1n) is 3.21. The highest BCUT2D eigenvalue weighted by atomic mass is 16.5. The molecular weight excluding hydrogens is 128 g/mol. The summed E-state index contributed by atoms with van der Waals surface area (Å²) in [5, 5.41) is 0. The zero-order valence-corrected chi connectivity index (χ0v) is 6.11. The quantitative estimate of drug-likeness (QED) is 0.617. The van der Waals surface area contributed by atoms with Crippen LogP contribution >= 0.6 is 0 Å². The molecule has 1 aromatic heterocycles. The maximum atomic E-state index is 5.24. The van der Waals surface area contributed by atoms with E-state index in [0.717, 1.165) is 0 Å². The molecule has 1 heterocycles. The number of hydrogen-bond donors (Lipinski definition) is 0. The third-order valence-corrected chi connectivity index (χ3v) is 0.896. The van der Waals surface area contributed by atoms with E-state index in [1.807, 2.05) is 13.8 Å². The van der Waals surface area contributed by atoms with E-state index in [9.17, 15) is 0 Å². The molecule has 0 bridgehead atoms. The molecule has 0 aliphatic carbocycles. The van der Waals surface area contributed by atoms with Crippen molar-refractivity contribution in [2.75, 3.05) is 0 Å². The molecule has 54 valence electrons. The molecule has 0 fully saturated rings. The molecule has 0 N–H and O–H groups in total. The highest BCUT2D eigenvalue weighted by Crippen LogP contribution is 2.02. The highest BCUT2D eigenvalue weighted by molar-refractivity contribution is 5.01. The monoisotopic (exact) mass is 138 g/mol. The molecule has 10 heavy (non-hydrogen) atoms. The van der Waals surface area contributed by atoms with Gasteiger partial charge in [0.25, 0.3) is 0 Å². The summed E-state index contributed by atoms with van der Waals surface area (Å²) in [5.41, 5.74) is 0. The van der Waals surface area contributed by atoms with Gasteiger partial charge in [0.15, 0.2) is 0 Å². The van der Waals surface area contributed by atoms with E-state index in [4.69, 9.17) is 4.74 Å². The first kappa shape index (κ1) is 6.99. The van der Waals surface area contributed by atoms with Crippen LogP contribution in [-0.4, -0.2) is 16.1 Å². The Balaban J connectivity index is 2.59. The third-order valence-electron chi connectivity index (χ3n) is 0.896. The zero-order valence-electron chi connectivity index (χ0n) is 6.11. The van der Waals surface area contributed by atoms with Crippen LogP contribution in [0.25, 0.3) is 0 Å². The van der Waals surface area contributed by atoms with Crippen LogP contribution in [0.3, 0.4) is 0 Å². The van der Waals surface area contributed by atoms with E-state index in [0.29, 0.717) is 5.88 Å². The van der Waals surface area contributed by atoms with Crippen molar-refractivity contribution in [3.05, 3.63) is 18.6 Å². The average molecular weight is 138 g/mol. The molecule has 1 aromatic rings. The first-order valence-corrected chi connectivity index (χ1v) is 3.21. The van der Waals surface area contributed by atoms with Crippen molar-refractivity contribution in [2.24, 2.45) is 0 Å². The van der Waals surface area contributed by atoms with E-state index < -0.39 is 0 Å². The first-order chi connectivity index (χ1) is 4.79. The maximum absolute atomic E-state index is 5.24. The molecule has 1 rings (SSSR count). The minimum atomic E-state index is 0.164. The standard InChI is InChI=1S/C7H10N2O/c1-6(2)10-7-5-8-3-4-9-7/h3-6H,1-2H3. The normalized spacial score (nSPS) is 9.90. The van der Waals surface area contributed by atoms with Gasteiger partial charge < -0.3 is 4.74 Å². The summed E-state index contributed by atoms with van der Waals surface area (Å²) in [5.74, 6) is 0.581. The Hall–Kier alpha value is -1.12. The second-order valence-corrected chi connectivity index (χ2v) is 2.21. The van der Waals surface area contributed by atoms with Gasteiger partial charge in [-0.05, 0) is 13.8 Å². The minimum Gasteiger partial charge on any atom is -0.474 e. The molecule has 0 aliphatic rings. The summed E-state index contributed by atoms with van der Waals surface area (Å²) in [4.78, 5) is 7.78. The number of ether oxygens (including phenoxy) is 1. The number of hydrogen-bond acceptors (Lipinski definition) is 3. The number of nitrogens with zero attached hydrogens (tertiary/aromatic N) is 2. The van der Waals surface area contributed by atoms with Crippen LogP contribution in [0.2, 0.25) is 0 Å². The molecule has 0 aromatic carbocycles. The minimum absolute atomic E-state index is 0.164. The molecule has 3 nitrogen and oxygen atoms in total. The van der Waals surface area contributed by atoms with Crippen LogP contribution in [0.15, 0.2) is 18.6 Å². The van der Waals surface area contributed by atoms with Gasteiger partial charge in [0.1, 0.15) is 0 Å². The van der Waals surface area contributed by atoms with Gasteiger partial charge >= 0.3 is 0 Å². The highest BCUT2D eigenvalue weighted by Gasteiger charge is 1.95. The van der Waals surface area contributed by atoms with Crippen molar-refractivity contribution in [2.45, 2.75) is 20.0 Å². The van der Waals surface area contributed by atoms with Crippen LogP contribution in [-0.2, 0) is 0 Å². The molecule has 0 aliphatic heterocycles. The fourth-order valence-electron chi connectivity index (χ4n) is 0.588. The van der Waals surface area contributed by atoms with Gasteiger partial charge in [-0.1, -0.05) is 0 Å². The molecule has 3 heteroatoms. The summed E-state index contributed by atoms with van der Waals surface area (Å²) in [6, 6.07) is 0. The Morgan fingerprint density at radius 2 is 2.20 bits per heavy atom. The predicted molar refractivity (Wildman–Crippen MR) is 37.8 cm³/mol. The van der Waals surface area contributed by atoms with E-state index in [-0.39, 0.29) is 6.10 Å². The lowest BCUT2D eigenvalue weighted by Crippen LogP contribution is -2.06. The lowest BCUT2D eigenvalue weighted by Gasteiger charge is -2.05. The van der Waals surface area contributed by atoms with Crippen molar-refractivity contribution in [1.82, 2.24) is 9.97 Å². The van der Waals surface area contributed by atoms with Gasteiger partial charge in [0, 0.05) is 12.4 Å². The van der Waals surface area contributed by atoms with Gasteiger partial charge in [-0.2, -0.15) is 0 Å². The van der Waals surface area contributed by atoms with Crippen LogP contribution < -0.4 is 4.74 Å². The van der Waals surface area contributed by atoms with Gasteiger partial charge in [-0.15, -0.1) is 0 Å². The van der Waals surface area contributed by atoms with Gasteiger partial charge in [-0.3, -0.25) is 4.98 Å². The second kappa shape index (κ2) is 3.15. The Morgan fingerprint density at radius 3 is 2.70 bits per heavy atom. The Bertz CT molecular complexity index is 186. The SMILES string of the molecule is CC(C)Oc1cnccn1. The lowest BCUT2D eigenvalue weighted by molar-refractivity contribution is 0.231. The summed E-state index contributed by atoms with van der Waals surface area (Å²) >= 11 is 0. The number of aromatic nitrogens is 2. The Labute approximate surface area is 60.1 Å². The van der Waals surface area contributed by atoms with Crippen molar-refractivity contribution < 1.29 is 4.74 Å². The summed E-state index contributed by atoms with van der Waals surface area (Å²) in [6.45, 7) is 3.91. The third kappa shape index (κ3) is 2.01. The fourth-order valence-corrected chi connectivity index (χ4v) is 0.588. The second-order valence-electron chi connectivity index (χ2n) is 2.21. The number of rotatable bonds is 2. The topological polar surface area (TPSA) is 35.0 Å². The van der Waals surface area contributed by atoms with Crippen LogP contribution in [0, 0.1) is 0 Å². The fraction of sp³-hybridized carbons (Fsp3) is 0.429. The van der Waals surface area contributed by atoms with E-state index in [1.165, 1.54) is 0 Å². The van der Waals surface area contributed by atoms with Gasteiger partial charge in [0.05, 0.1) is 12.3 Å². The average Bonchev–Trinajstić information content (AvgIpc) is 1.88. The smallest absolute Gasteiger partial charge is 0.232 e. The Kier molecular flexibility index (Phi) is 2.20. The molecule has 0 spiro atoms. The van der Waals surface area contributed by atoms with Crippen LogP contribution in [0.1, 0.15) is 13.8 Å². The van der Waals surface area contributed by atoms with E-state index in [2.05, 4.69) is 9.97 Å². The summed E-state index contributed by atoms with van der Waals surface area (Å²) in [7, 11) is 0. The van der Waals surface area contributed by atoms with Crippen LogP contribution in [0.4, 0.5) is 0 Å². The largest absolute Gasteiger partial charge is 0.474 e. The zero-order chi connectivity index (χ0) is 7.40. The molecule has 0 atom stereocenters. The van der Waals surface area contributed by atoms with Gasteiger partial charge in [0.2, 0.25) is 5.88 Å². The summed E-state index contributed by atoms with van der Waals surface area (Å²) in [6.07, 6.45) is 4.99. The van der Waals surface area contributed by atoms with Gasteiger partial charge in [-0.25, -0.2) is 4.98 Å². The van der Waals surface area contributed by atoms with E-state index >= 15 is 0 Å². The predicted octanol–water partition coefficient (Wildman–Crippen LogP) is 1.26. The van der Waals surface area contributed by atoms with E-state index in [1.54, 1.807) is 18.6 Å². The molecular formula is C7H10N2O. The summed E-state index contributed by atoms with van der Waals surface area (Å²) < 4.78 is 5.24. The van der Waals surface area contributed by atoms with Crippen molar-refractivity contribution in [1.29, 1.82) is 0 Å². The van der Waals surface area contributed by atoms with Crippen molar-refractivity contribution >= 4 is 0 Å². The molecule has 0 radical (unpaired) electrons. The van der Waals surface area contributed by atoms with Crippen molar-refractivity contribution in [3.63, 3.8) is 0 Å². The lowest BCUT2D eigenvalue weighted by atomic mass is 10.5. The van der Waals surface area contributed by atoms with Crippen molar-refractivity contribution in [3.8, 4) is 5.88 Å². The van der Waals surface area contributed by atoms with Crippen LogP contribution in [0.5, 0.6) is 5.88 Å². The molecule has 0 saturated heterocycles. The molecule has 0 unspecified atom stereocenters. The molecule has 0 saturated carbocycles. The Morgan fingerprint density at radius 1 is 1.40 bits per heavy atom.